The van der Waals surface area contributed by atoms with E-state index in [0.717, 1.165) is 6.42 Å². The molecule has 96 valence electrons. The number of nitrogens with one attached hydrogen (secondary N) is 1. The van der Waals surface area contributed by atoms with Crippen LogP contribution < -0.4 is 11.1 Å². The first-order valence-corrected chi connectivity index (χ1v) is 5.76. The lowest BCUT2D eigenvalue weighted by Gasteiger charge is -2.18. The van der Waals surface area contributed by atoms with Gasteiger partial charge in [0.15, 0.2) is 0 Å². The van der Waals surface area contributed by atoms with E-state index in [1.165, 1.54) is 18.2 Å². The van der Waals surface area contributed by atoms with Gasteiger partial charge in [-0.15, -0.1) is 0 Å². The number of rotatable bonds is 4. The lowest BCUT2D eigenvalue weighted by molar-refractivity contribution is -0.118. The molecule has 0 heterocycles. The summed E-state index contributed by atoms with van der Waals surface area (Å²) >= 11 is 0. The number of nitriles is 1. The van der Waals surface area contributed by atoms with Crippen molar-refractivity contribution >= 4 is 11.6 Å². The van der Waals surface area contributed by atoms with Crippen molar-refractivity contribution in [1.29, 1.82) is 5.26 Å². The van der Waals surface area contributed by atoms with Crippen molar-refractivity contribution in [1.82, 2.24) is 0 Å². The minimum Gasteiger partial charge on any atom is -0.323 e. The molecule has 0 fully saturated rings. The molecule has 0 saturated heterocycles. The van der Waals surface area contributed by atoms with Gasteiger partial charge in [-0.3, -0.25) is 4.79 Å². The third-order valence-corrected chi connectivity index (χ3v) is 2.94. The lowest BCUT2D eigenvalue weighted by atomic mass is 9.99. The van der Waals surface area contributed by atoms with Gasteiger partial charge in [-0.25, -0.2) is 4.39 Å². The Balaban J connectivity index is 2.89. The predicted molar refractivity (Wildman–Crippen MR) is 67.2 cm³/mol. The molecule has 2 atom stereocenters. The summed E-state index contributed by atoms with van der Waals surface area (Å²) in [5.74, 6) is -1.05. The zero-order valence-electron chi connectivity index (χ0n) is 10.4. The van der Waals surface area contributed by atoms with Gasteiger partial charge >= 0.3 is 0 Å². The second kappa shape index (κ2) is 6.12. The maximum absolute atomic E-state index is 13.3. The monoisotopic (exact) mass is 249 g/mol. The van der Waals surface area contributed by atoms with E-state index in [0.29, 0.717) is 0 Å². The number of benzene rings is 1. The van der Waals surface area contributed by atoms with Crippen LogP contribution in [0.25, 0.3) is 0 Å². The number of carbonyl (C=O) groups is 1. The van der Waals surface area contributed by atoms with Crippen LogP contribution in [0.3, 0.4) is 0 Å². The van der Waals surface area contributed by atoms with Gasteiger partial charge in [-0.2, -0.15) is 5.26 Å². The van der Waals surface area contributed by atoms with Crippen LogP contribution in [0.15, 0.2) is 18.2 Å². The number of carbonyl (C=O) groups excluding carboxylic acids is 1. The van der Waals surface area contributed by atoms with Crippen molar-refractivity contribution < 1.29 is 9.18 Å². The van der Waals surface area contributed by atoms with Crippen LogP contribution in [0.5, 0.6) is 0 Å². The Morgan fingerprint density at radius 2 is 2.28 bits per heavy atom. The van der Waals surface area contributed by atoms with Crippen LogP contribution in [-0.4, -0.2) is 11.9 Å². The molecule has 1 aromatic carbocycles. The number of nitrogens with two attached hydrogens (primary N) is 1. The quantitative estimate of drug-likeness (QED) is 0.856. The molecule has 4 nitrogen and oxygen atoms in total. The maximum Gasteiger partial charge on any atom is 0.241 e. The molecule has 0 aromatic heterocycles. The van der Waals surface area contributed by atoms with Gasteiger partial charge in [-0.05, 0) is 18.1 Å². The molecule has 0 bridgehead atoms. The van der Waals surface area contributed by atoms with Gasteiger partial charge in [0.2, 0.25) is 5.91 Å². The molecule has 0 aliphatic rings. The van der Waals surface area contributed by atoms with Crippen LogP contribution in [0, 0.1) is 23.1 Å². The fraction of sp³-hybridized carbons (Fsp3) is 0.385. The molecular formula is C13H16FN3O. The normalized spacial score (nSPS) is 13.5. The van der Waals surface area contributed by atoms with Crippen molar-refractivity contribution in [2.75, 3.05) is 5.32 Å². The Hall–Kier alpha value is -1.93. The second-order valence-electron chi connectivity index (χ2n) is 4.17. The minimum atomic E-state index is -0.676. The molecular weight excluding hydrogens is 233 g/mol. The summed E-state index contributed by atoms with van der Waals surface area (Å²) in [6.45, 7) is 3.79. The zero-order valence-corrected chi connectivity index (χ0v) is 10.4. The third kappa shape index (κ3) is 3.05. The van der Waals surface area contributed by atoms with Crippen molar-refractivity contribution in [3.8, 4) is 6.07 Å². The molecule has 3 N–H and O–H groups in total. The summed E-state index contributed by atoms with van der Waals surface area (Å²) in [4.78, 5) is 11.8. The number of halogens is 1. The molecule has 0 spiro atoms. The highest BCUT2D eigenvalue weighted by Crippen LogP contribution is 2.18. The molecule has 0 aliphatic heterocycles. The summed E-state index contributed by atoms with van der Waals surface area (Å²) in [6.07, 6.45) is 0.767. The van der Waals surface area contributed by atoms with E-state index < -0.39 is 17.8 Å². The van der Waals surface area contributed by atoms with Gasteiger partial charge in [-0.1, -0.05) is 26.3 Å². The SMILES string of the molecule is CCC(C)C(N)C(=O)Nc1cccc(F)c1C#N. The Morgan fingerprint density at radius 3 is 2.83 bits per heavy atom. The van der Waals surface area contributed by atoms with Gasteiger partial charge in [0.1, 0.15) is 17.4 Å². The molecule has 2 unspecified atom stereocenters. The summed E-state index contributed by atoms with van der Waals surface area (Å²) in [6, 6.07) is 5.12. The molecule has 5 heteroatoms. The van der Waals surface area contributed by atoms with Crippen LogP contribution >= 0.6 is 0 Å². The highest BCUT2D eigenvalue weighted by Gasteiger charge is 2.20. The second-order valence-corrected chi connectivity index (χ2v) is 4.17. The maximum atomic E-state index is 13.3. The summed E-state index contributed by atoms with van der Waals surface area (Å²) in [7, 11) is 0. The first-order chi connectivity index (χ1) is 8.51. The van der Waals surface area contributed by atoms with Gasteiger partial charge in [0.25, 0.3) is 0 Å². The number of hydrogen-bond acceptors (Lipinski definition) is 3. The van der Waals surface area contributed by atoms with Gasteiger partial charge in [0, 0.05) is 0 Å². The van der Waals surface area contributed by atoms with E-state index in [1.807, 2.05) is 13.8 Å². The van der Waals surface area contributed by atoms with E-state index in [1.54, 1.807) is 6.07 Å². The van der Waals surface area contributed by atoms with Crippen molar-refractivity contribution in [3.05, 3.63) is 29.6 Å². The average Bonchev–Trinajstić information content (AvgIpc) is 2.37. The van der Waals surface area contributed by atoms with Crippen LogP contribution in [-0.2, 0) is 4.79 Å². The first-order valence-electron chi connectivity index (χ1n) is 5.76. The number of nitrogens with zero attached hydrogens (tertiary/aromatic N) is 1. The largest absolute Gasteiger partial charge is 0.323 e. The molecule has 18 heavy (non-hydrogen) atoms. The zero-order chi connectivity index (χ0) is 13.7. The fourth-order valence-corrected chi connectivity index (χ4v) is 1.47. The highest BCUT2D eigenvalue weighted by atomic mass is 19.1. The van der Waals surface area contributed by atoms with E-state index in [4.69, 9.17) is 11.0 Å². The molecule has 1 aromatic rings. The average molecular weight is 249 g/mol. The lowest BCUT2D eigenvalue weighted by Crippen LogP contribution is -2.40. The van der Waals surface area contributed by atoms with Crippen LogP contribution in [0.1, 0.15) is 25.8 Å². The van der Waals surface area contributed by atoms with E-state index >= 15 is 0 Å². The van der Waals surface area contributed by atoms with E-state index in [2.05, 4.69) is 5.32 Å². The summed E-state index contributed by atoms with van der Waals surface area (Å²) in [5.41, 5.74) is 5.74. The van der Waals surface area contributed by atoms with Crippen molar-refractivity contribution in [2.24, 2.45) is 11.7 Å². The Kier molecular flexibility index (Phi) is 4.81. The third-order valence-electron chi connectivity index (χ3n) is 2.94. The number of amides is 1. The summed E-state index contributed by atoms with van der Waals surface area (Å²) in [5, 5.41) is 11.3. The van der Waals surface area contributed by atoms with E-state index in [-0.39, 0.29) is 17.2 Å². The number of hydrogen-bond donors (Lipinski definition) is 2. The smallest absolute Gasteiger partial charge is 0.241 e. The highest BCUT2D eigenvalue weighted by molar-refractivity contribution is 5.96. The number of anilines is 1. The molecule has 0 saturated carbocycles. The first kappa shape index (κ1) is 14.1. The minimum absolute atomic E-state index is 0.0177. The van der Waals surface area contributed by atoms with Gasteiger partial charge < -0.3 is 11.1 Å². The molecule has 0 radical (unpaired) electrons. The Morgan fingerprint density at radius 1 is 1.61 bits per heavy atom. The van der Waals surface area contributed by atoms with Gasteiger partial charge in [0.05, 0.1) is 11.7 Å². The van der Waals surface area contributed by atoms with Crippen LogP contribution in [0.4, 0.5) is 10.1 Å². The van der Waals surface area contributed by atoms with E-state index in [9.17, 15) is 9.18 Å². The fourth-order valence-electron chi connectivity index (χ4n) is 1.47. The van der Waals surface area contributed by atoms with Crippen molar-refractivity contribution in [3.63, 3.8) is 0 Å². The predicted octanol–water partition coefficient (Wildman–Crippen LogP) is 2.01. The molecule has 1 amide bonds. The molecule has 1 rings (SSSR count). The van der Waals surface area contributed by atoms with Crippen LogP contribution in [0.2, 0.25) is 0 Å². The Labute approximate surface area is 106 Å². The van der Waals surface area contributed by atoms with Crippen molar-refractivity contribution in [2.45, 2.75) is 26.3 Å². The standard InChI is InChI=1S/C13H16FN3O/c1-3-8(2)12(16)13(18)17-11-6-4-5-10(14)9(11)7-15/h4-6,8,12H,3,16H2,1-2H3,(H,17,18). The Bertz CT molecular complexity index is 482. The molecule has 0 aliphatic carbocycles. The topological polar surface area (TPSA) is 78.9 Å². The summed E-state index contributed by atoms with van der Waals surface area (Å²) < 4.78 is 13.3.